The van der Waals surface area contributed by atoms with E-state index in [1.54, 1.807) is 23.5 Å². The second-order valence-corrected chi connectivity index (χ2v) is 10.7. The lowest BCUT2D eigenvalue weighted by Crippen LogP contribution is -2.49. The van der Waals surface area contributed by atoms with Gasteiger partial charge >= 0.3 is 0 Å². The molecule has 2 aromatic carbocycles. The number of aromatic nitrogens is 2. The van der Waals surface area contributed by atoms with Gasteiger partial charge in [-0.05, 0) is 18.1 Å². The Bertz CT molecular complexity index is 1250. The van der Waals surface area contributed by atoms with E-state index in [4.69, 9.17) is 14.7 Å². The molecule has 0 N–H and O–H groups in total. The van der Waals surface area contributed by atoms with E-state index in [0.717, 1.165) is 11.1 Å². The van der Waals surface area contributed by atoms with Crippen LogP contribution in [0, 0.1) is 5.82 Å². The molecule has 1 aliphatic heterocycles. The van der Waals surface area contributed by atoms with Gasteiger partial charge in [0.25, 0.3) is 0 Å². The number of halogens is 1. The van der Waals surface area contributed by atoms with Crippen LogP contribution in [-0.4, -0.2) is 61.7 Å². The monoisotopic (exact) mass is 498 g/mol. The van der Waals surface area contributed by atoms with Gasteiger partial charge in [0.2, 0.25) is 10.0 Å². The van der Waals surface area contributed by atoms with Crippen LogP contribution in [0.1, 0.15) is 30.2 Å². The van der Waals surface area contributed by atoms with Crippen LogP contribution < -0.4 is 4.90 Å². The summed E-state index contributed by atoms with van der Waals surface area (Å²) in [6, 6.07) is 16.4. The van der Waals surface area contributed by atoms with Crippen molar-refractivity contribution in [1.82, 2.24) is 14.3 Å². The first-order valence-corrected chi connectivity index (χ1v) is 13.4. The van der Waals surface area contributed by atoms with E-state index in [1.807, 2.05) is 43.3 Å². The normalized spacial score (nSPS) is 14.9. The van der Waals surface area contributed by atoms with Crippen LogP contribution in [0.15, 0.2) is 54.6 Å². The highest BCUT2D eigenvalue weighted by atomic mass is 32.2. The molecule has 1 aromatic heterocycles. The number of methoxy groups -OCH3 is 1. The number of benzene rings is 2. The molecule has 35 heavy (non-hydrogen) atoms. The van der Waals surface area contributed by atoms with Crippen molar-refractivity contribution >= 4 is 15.8 Å². The van der Waals surface area contributed by atoms with Crippen LogP contribution in [0.4, 0.5) is 10.2 Å². The Kier molecular flexibility index (Phi) is 8.10. The predicted molar refractivity (Wildman–Crippen MR) is 135 cm³/mol. The van der Waals surface area contributed by atoms with Gasteiger partial charge in [-0.2, -0.15) is 4.31 Å². The standard InChI is InChI=1S/C26H31FN4O3S/c1-3-17-35(32,33)31-15-13-30(14-16-31)26-22(18-21-11-7-8-12-23(21)27)24(19-34-2)28-25(29-26)20-9-5-4-6-10-20/h4-12H,3,13-19H2,1-2H3. The second kappa shape index (κ2) is 11.2. The summed E-state index contributed by atoms with van der Waals surface area (Å²) in [6.45, 7) is 3.86. The molecule has 0 spiro atoms. The van der Waals surface area contributed by atoms with Gasteiger partial charge in [-0.25, -0.2) is 22.8 Å². The Labute approximate surface area is 206 Å². The van der Waals surface area contributed by atoms with Crippen molar-refractivity contribution in [3.8, 4) is 11.4 Å². The van der Waals surface area contributed by atoms with Gasteiger partial charge in [0.05, 0.1) is 18.1 Å². The first kappa shape index (κ1) is 25.2. The van der Waals surface area contributed by atoms with Gasteiger partial charge in [-0.1, -0.05) is 55.5 Å². The number of sulfonamides is 1. The number of anilines is 1. The maximum Gasteiger partial charge on any atom is 0.214 e. The smallest absolute Gasteiger partial charge is 0.214 e. The molecule has 9 heteroatoms. The molecule has 186 valence electrons. The van der Waals surface area contributed by atoms with Gasteiger partial charge in [0.15, 0.2) is 5.82 Å². The third kappa shape index (κ3) is 5.86. The van der Waals surface area contributed by atoms with Crippen molar-refractivity contribution in [3.05, 3.63) is 77.2 Å². The molecule has 0 saturated carbocycles. The quantitative estimate of drug-likeness (QED) is 0.446. The van der Waals surface area contributed by atoms with Crippen LogP contribution in [0.2, 0.25) is 0 Å². The SMILES string of the molecule is CCCS(=O)(=O)N1CCN(c2nc(-c3ccccc3)nc(COC)c2Cc2ccccc2F)CC1. The molecule has 2 heterocycles. The highest BCUT2D eigenvalue weighted by Crippen LogP contribution is 2.30. The third-order valence-electron chi connectivity index (χ3n) is 6.10. The molecule has 1 fully saturated rings. The highest BCUT2D eigenvalue weighted by Gasteiger charge is 2.29. The van der Waals surface area contributed by atoms with Gasteiger partial charge in [0.1, 0.15) is 11.6 Å². The lowest BCUT2D eigenvalue weighted by Gasteiger charge is -2.36. The van der Waals surface area contributed by atoms with Crippen molar-refractivity contribution in [2.24, 2.45) is 0 Å². The van der Waals surface area contributed by atoms with Crippen molar-refractivity contribution in [1.29, 1.82) is 0 Å². The number of rotatable bonds is 9. The fraction of sp³-hybridized carbons (Fsp3) is 0.385. The molecule has 7 nitrogen and oxygen atoms in total. The highest BCUT2D eigenvalue weighted by molar-refractivity contribution is 7.89. The molecular formula is C26H31FN4O3S. The minimum Gasteiger partial charge on any atom is -0.378 e. The van der Waals surface area contributed by atoms with E-state index in [2.05, 4.69) is 4.90 Å². The molecule has 0 bridgehead atoms. The minimum absolute atomic E-state index is 0.148. The van der Waals surface area contributed by atoms with Crippen molar-refractivity contribution < 1.29 is 17.5 Å². The van der Waals surface area contributed by atoms with E-state index in [-0.39, 0.29) is 18.2 Å². The lowest BCUT2D eigenvalue weighted by molar-refractivity contribution is 0.180. The summed E-state index contributed by atoms with van der Waals surface area (Å²) in [5.74, 6) is 1.12. The fourth-order valence-electron chi connectivity index (χ4n) is 4.33. The molecule has 1 saturated heterocycles. The Morgan fingerprint density at radius 2 is 1.66 bits per heavy atom. The average Bonchev–Trinajstić information content (AvgIpc) is 2.87. The first-order chi connectivity index (χ1) is 16.9. The van der Waals surface area contributed by atoms with E-state index >= 15 is 0 Å². The second-order valence-electron chi connectivity index (χ2n) is 8.57. The van der Waals surface area contributed by atoms with Gasteiger partial charge in [0, 0.05) is 50.8 Å². The topological polar surface area (TPSA) is 75.6 Å². The third-order valence-corrected chi connectivity index (χ3v) is 8.18. The fourth-order valence-corrected chi connectivity index (χ4v) is 5.82. The van der Waals surface area contributed by atoms with Crippen LogP contribution >= 0.6 is 0 Å². The van der Waals surface area contributed by atoms with Crippen LogP contribution in [0.25, 0.3) is 11.4 Å². The maximum absolute atomic E-state index is 14.6. The molecule has 0 amide bonds. The van der Waals surface area contributed by atoms with E-state index < -0.39 is 10.0 Å². The van der Waals surface area contributed by atoms with Crippen molar-refractivity contribution in [2.75, 3.05) is 43.9 Å². The molecule has 1 aliphatic rings. The van der Waals surface area contributed by atoms with Gasteiger partial charge in [-0.3, -0.25) is 0 Å². The Hall–Kier alpha value is -2.88. The summed E-state index contributed by atoms with van der Waals surface area (Å²) in [7, 11) is -1.66. The largest absolute Gasteiger partial charge is 0.378 e. The molecule has 0 unspecified atom stereocenters. The summed E-state index contributed by atoms with van der Waals surface area (Å²) < 4.78 is 46.8. The first-order valence-electron chi connectivity index (χ1n) is 11.8. The Morgan fingerprint density at radius 3 is 2.31 bits per heavy atom. The summed E-state index contributed by atoms with van der Waals surface area (Å²) in [6.07, 6.45) is 0.895. The van der Waals surface area contributed by atoms with E-state index in [1.165, 1.54) is 6.07 Å². The van der Waals surface area contributed by atoms with Crippen LogP contribution in [0.3, 0.4) is 0 Å². The molecule has 0 radical (unpaired) electrons. The number of ether oxygens (including phenoxy) is 1. The lowest BCUT2D eigenvalue weighted by atomic mass is 10.0. The summed E-state index contributed by atoms with van der Waals surface area (Å²) >= 11 is 0. The van der Waals surface area contributed by atoms with Crippen LogP contribution in [0.5, 0.6) is 0 Å². The predicted octanol–water partition coefficient (Wildman–Crippen LogP) is 3.88. The zero-order chi connectivity index (χ0) is 24.8. The van der Waals surface area contributed by atoms with Gasteiger partial charge in [-0.15, -0.1) is 0 Å². The van der Waals surface area contributed by atoms with E-state index in [9.17, 15) is 12.8 Å². The molecule has 4 rings (SSSR count). The van der Waals surface area contributed by atoms with E-state index in [0.29, 0.717) is 61.9 Å². The van der Waals surface area contributed by atoms with Crippen molar-refractivity contribution in [3.63, 3.8) is 0 Å². The Balaban J connectivity index is 1.75. The molecular weight excluding hydrogens is 467 g/mol. The molecule has 0 atom stereocenters. The minimum atomic E-state index is -3.27. The van der Waals surface area contributed by atoms with Crippen molar-refractivity contribution in [2.45, 2.75) is 26.4 Å². The van der Waals surface area contributed by atoms with Gasteiger partial charge < -0.3 is 9.64 Å². The summed E-state index contributed by atoms with van der Waals surface area (Å²) in [5.41, 5.74) is 2.90. The number of hydrogen-bond acceptors (Lipinski definition) is 6. The Morgan fingerprint density at radius 1 is 0.971 bits per heavy atom. The number of hydrogen-bond donors (Lipinski definition) is 0. The zero-order valence-electron chi connectivity index (χ0n) is 20.2. The summed E-state index contributed by atoms with van der Waals surface area (Å²) in [4.78, 5) is 11.8. The average molecular weight is 499 g/mol. The maximum atomic E-state index is 14.6. The molecule has 3 aromatic rings. The number of piperazine rings is 1. The zero-order valence-corrected chi connectivity index (χ0v) is 21.0. The summed E-state index contributed by atoms with van der Waals surface area (Å²) in [5, 5.41) is 0. The molecule has 0 aliphatic carbocycles. The van der Waals surface area contributed by atoms with Crippen LogP contribution in [-0.2, 0) is 27.8 Å². The number of nitrogens with zero attached hydrogens (tertiary/aromatic N) is 4.